The molecule has 0 unspecified atom stereocenters. The van der Waals surface area contributed by atoms with Crippen LogP contribution in [0.5, 0.6) is 5.75 Å². The molecule has 0 aromatic heterocycles. The lowest BCUT2D eigenvalue weighted by Gasteiger charge is -2.14. The van der Waals surface area contributed by atoms with Gasteiger partial charge in [0.25, 0.3) is 0 Å². The molecule has 0 atom stereocenters. The fraction of sp³-hybridized carbons (Fsp3) is 0.278. The predicted octanol–water partition coefficient (Wildman–Crippen LogP) is 3.95. The van der Waals surface area contributed by atoms with E-state index in [1.807, 2.05) is 32.3 Å². The Balaban J connectivity index is 2.40. The van der Waals surface area contributed by atoms with Crippen molar-refractivity contribution in [3.8, 4) is 16.9 Å². The van der Waals surface area contributed by atoms with Crippen molar-refractivity contribution in [3.63, 3.8) is 0 Å². The van der Waals surface area contributed by atoms with E-state index in [9.17, 15) is 0 Å². The summed E-state index contributed by atoms with van der Waals surface area (Å²) in [6.07, 6.45) is 0. The standard InChI is InChI=1S/C18H20N2O2/c1-19-16-8-9-17(18(11-16)22-13-21-4)15-7-5-6-14(10-15)12-20(2)3/h5-11H,12-13H2,2-4H3. The highest BCUT2D eigenvalue weighted by Gasteiger charge is 2.09. The molecule has 0 aliphatic carbocycles. The van der Waals surface area contributed by atoms with Crippen molar-refractivity contribution < 1.29 is 9.47 Å². The van der Waals surface area contributed by atoms with Crippen LogP contribution in [0.15, 0.2) is 42.5 Å². The third-order valence-electron chi connectivity index (χ3n) is 3.16. The third-order valence-corrected chi connectivity index (χ3v) is 3.16. The van der Waals surface area contributed by atoms with Crippen molar-refractivity contribution in [2.45, 2.75) is 6.54 Å². The molecule has 2 aromatic rings. The molecule has 0 heterocycles. The monoisotopic (exact) mass is 296 g/mol. The van der Waals surface area contributed by atoms with Crippen molar-refractivity contribution in [1.29, 1.82) is 0 Å². The molecule has 0 bridgehead atoms. The molecule has 0 spiro atoms. The van der Waals surface area contributed by atoms with Gasteiger partial charge in [-0.05, 0) is 37.4 Å². The summed E-state index contributed by atoms with van der Waals surface area (Å²) in [4.78, 5) is 5.58. The van der Waals surface area contributed by atoms with Gasteiger partial charge in [-0.15, -0.1) is 0 Å². The van der Waals surface area contributed by atoms with Crippen LogP contribution in [0.4, 0.5) is 5.69 Å². The van der Waals surface area contributed by atoms with Crippen LogP contribution >= 0.6 is 0 Å². The first-order valence-corrected chi connectivity index (χ1v) is 7.01. The van der Waals surface area contributed by atoms with E-state index in [1.54, 1.807) is 19.2 Å². The van der Waals surface area contributed by atoms with Crippen molar-refractivity contribution in [1.82, 2.24) is 4.90 Å². The fourth-order valence-corrected chi connectivity index (χ4v) is 2.26. The van der Waals surface area contributed by atoms with Gasteiger partial charge >= 0.3 is 0 Å². The summed E-state index contributed by atoms with van der Waals surface area (Å²) >= 11 is 0. The lowest BCUT2D eigenvalue weighted by Crippen LogP contribution is -2.10. The molecule has 4 nitrogen and oxygen atoms in total. The second-order valence-corrected chi connectivity index (χ2v) is 5.28. The molecule has 0 aliphatic rings. The number of hydrogen-bond donors (Lipinski definition) is 0. The van der Waals surface area contributed by atoms with Crippen LogP contribution in [0.1, 0.15) is 5.56 Å². The lowest BCUT2D eigenvalue weighted by molar-refractivity contribution is 0.0516. The van der Waals surface area contributed by atoms with E-state index in [-0.39, 0.29) is 6.79 Å². The average Bonchev–Trinajstić information content (AvgIpc) is 2.52. The molecule has 0 radical (unpaired) electrons. The maximum Gasteiger partial charge on any atom is 0.190 e. The Hall–Kier alpha value is -2.35. The van der Waals surface area contributed by atoms with Crippen molar-refractivity contribution >= 4 is 5.69 Å². The summed E-state index contributed by atoms with van der Waals surface area (Å²) in [5, 5.41) is 0. The molecule has 4 heteroatoms. The highest BCUT2D eigenvalue weighted by molar-refractivity contribution is 5.74. The Morgan fingerprint density at radius 1 is 1.14 bits per heavy atom. The fourth-order valence-electron chi connectivity index (χ4n) is 2.26. The molecule has 0 fully saturated rings. The second-order valence-electron chi connectivity index (χ2n) is 5.28. The van der Waals surface area contributed by atoms with Gasteiger partial charge in [-0.3, -0.25) is 0 Å². The molecule has 2 rings (SSSR count). The van der Waals surface area contributed by atoms with E-state index >= 15 is 0 Å². The molecule has 0 saturated heterocycles. The molecule has 114 valence electrons. The first-order valence-electron chi connectivity index (χ1n) is 7.01. The Labute approximate surface area is 131 Å². The minimum atomic E-state index is 0.159. The number of nitrogens with zero attached hydrogens (tertiary/aromatic N) is 2. The molecule has 22 heavy (non-hydrogen) atoms. The minimum absolute atomic E-state index is 0.159. The van der Waals surface area contributed by atoms with Gasteiger partial charge < -0.3 is 14.4 Å². The SMILES string of the molecule is [C-]#[N+]c1ccc(-c2cccc(CN(C)C)c2)c(OCOC)c1. The normalized spacial score (nSPS) is 10.5. The van der Waals surface area contributed by atoms with Gasteiger partial charge in [0.1, 0.15) is 5.75 Å². The van der Waals surface area contributed by atoms with Gasteiger partial charge in [-0.2, -0.15) is 0 Å². The van der Waals surface area contributed by atoms with E-state index in [2.05, 4.69) is 21.9 Å². The molecule has 2 aromatic carbocycles. The maximum atomic E-state index is 7.14. The zero-order valence-corrected chi connectivity index (χ0v) is 13.2. The summed E-state index contributed by atoms with van der Waals surface area (Å²) in [5.41, 5.74) is 3.82. The van der Waals surface area contributed by atoms with Gasteiger partial charge in [0.05, 0.1) is 6.57 Å². The maximum absolute atomic E-state index is 7.14. The number of benzene rings is 2. The van der Waals surface area contributed by atoms with Crippen LogP contribution < -0.4 is 4.74 Å². The highest BCUT2D eigenvalue weighted by Crippen LogP contribution is 2.34. The highest BCUT2D eigenvalue weighted by atomic mass is 16.7. The second kappa shape index (κ2) is 7.60. The summed E-state index contributed by atoms with van der Waals surface area (Å²) in [6, 6.07) is 13.8. The van der Waals surface area contributed by atoms with E-state index in [1.165, 1.54) is 5.56 Å². The Bertz CT molecular complexity index is 675. The van der Waals surface area contributed by atoms with Crippen LogP contribution in [0.2, 0.25) is 0 Å². The first kappa shape index (κ1) is 16.0. The number of ether oxygens (including phenoxy) is 2. The van der Waals surface area contributed by atoms with Crippen LogP contribution in [0.3, 0.4) is 0 Å². The number of rotatable bonds is 6. The molecular weight excluding hydrogens is 276 g/mol. The largest absolute Gasteiger partial charge is 0.468 e. The average molecular weight is 296 g/mol. The third kappa shape index (κ3) is 4.08. The van der Waals surface area contributed by atoms with Crippen molar-refractivity contribution in [3.05, 3.63) is 59.4 Å². The Morgan fingerprint density at radius 3 is 2.64 bits per heavy atom. The zero-order chi connectivity index (χ0) is 15.9. The first-order chi connectivity index (χ1) is 10.6. The molecule has 0 amide bonds. The van der Waals surface area contributed by atoms with Gasteiger partial charge in [-0.1, -0.05) is 30.3 Å². The minimum Gasteiger partial charge on any atom is -0.468 e. The topological polar surface area (TPSA) is 26.1 Å². The molecule has 0 aliphatic heterocycles. The van der Waals surface area contributed by atoms with Gasteiger partial charge in [0, 0.05) is 19.2 Å². The lowest BCUT2D eigenvalue weighted by atomic mass is 10.0. The number of methoxy groups -OCH3 is 1. The summed E-state index contributed by atoms with van der Waals surface area (Å²) < 4.78 is 10.6. The van der Waals surface area contributed by atoms with Gasteiger partial charge in [0.15, 0.2) is 12.5 Å². The summed E-state index contributed by atoms with van der Waals surface area (Å²) in [5.74, 6) is 0.664. The van der Waals surface area contributed by atoms with Crippen LogP contribution in [-0.2, 0) is 11.3 Å². The van der Waals surface area contributed by atoms with E-state index in [0.717, 1.165) is 17.7 Å². The van der Waals surface area contributed by atoms with Crippen molar-refractivity contribution in [2.24, 2.45) is 0 Å². The van der Waals surface area contributed by atoms with E-state index < -0.39 is 0 Å². The zero-order valence-electron chi connectivity index (χ0n) is 13.2. The van der Waals surface area contributed by atoms with Gasteiger partial charge in [0.2, 0.25) is 0 Å². The molecular formula is C18H20N2O2. The summed E-state index contributed by atoms with van der Waals surface area (Å²) in [7, 11) is 5.67. The Morgan fingerprint density at radius 2 is 1.95 bits per heavy atom. The van der Waals surface area contributed by atoms with Crippen LogP contribution in [0, 0.1) is 6.57 Å². The van der Waals surface area contributed by atoms with Crippen molar-refractivity contribution in [2.75, 3.05) is 28.0 Å². The quantitative estimate of drug-likeness (QED) is 0.596. The van der Waals surface area contributed by atoms with E-state index in [4.69, 9.17) is 16.0 Å². The van der Waals surface area contributed by atoms with Crippen LogP contribution in [0.25, 0.3) is 16.0 Å². The van der Waals surface area contributed by atoms with Crippen LogP contribution in [-0.4, -0.2) is 32.9 Å². The van der Waals surface area contributed by atoms with E-state index in [0.29, 0.717) is 11.4 Å². The molecule has 0 saturated carbocycles. The smallest absolute Gasteiger partial charge is 0.190 e. The Kier molecular flexibility index (Phi) is 5.54. The predicted molar refractivity (Wildman–Crippen MR) is 88.0 cm³/mol. The molecule has 0 N–H and O–H groups in total. The van der Waals surface area contributed by atoms with Gasteiger partial charge in [-0.25, -0.2) is 4.85 Å². The summed E-state index contributed by atoms with van der Waals surface area (Å²) in [6.45, 7) is 8.17. The number of hydrogen-bond acceptors (Lipinski definition) is 3.